The SMILES string of the molecule is COc1ccc(CN(CCN2CCCCC2)C(C)=O)cc1OCc1nc(CO)cs1. The molecule has 0 bridgehead atoms. The largest absolute Gasteiger partial charge is 0.493 e. The van der Waals surface area contributed by atoms with Crippen molar-refractivity contribution < 1.29 is 19.4 Å². The lowest BCUT2D eigenvalue weighted by Gasteiger charge is -2.29. The molecule has 0 saturated carbocycles. The van der Waals surface area contributed by atoms with Crippen molar-refractivity contribution in [3.05, 3.63) is 39.8 Å². The molecule has 1 amide bonds. The van der Waals surface area contributed by atoms with E-state index in [0.717, 1.165) is 36.8 Å². The van der Waals surface area contributed by atoms with Gasteiger partial charge < -0.3 is 24.4 Å². The first kappa shape index (κ1) is 22.5. The van der Waals surface area contributed by atoms with Gasteiger partial charge >= 0.3 is 0 Å². The van der Waals surface area contributed by atoms with Gasteiger partial charge in [-0.15, -0.1) is 11.3 Å². The summed E-state index contributed by atoms with van der Waals surface area (Å²) in [4.78, 5) is 20.8. The minimum Gasteiger partial charge on any atom is -0.493 e. The Hall–Kier alpha value is -2.16. The molecule has 0 radical (unpaired) electrons. The summed E-state index contributed by atoms with van der Waals surface area (Å²) in [5.74, 6) is 1.33. The van der Waals surface area contributed by atoms with Gasteiger partial charge in [0.1, 0.15) is 11.6 Å². The molecule has 164 valence electrons. The van der Waals surface area contributed by atoms with Crippen molar-refractivity contribution in [2.45, 2.75) is 45.9 Å². The number of thiazole rings is 1. The number of ether oxygens (including phenoxy) is 2. The van der Waals surface area contributed by atoms with E-state index in [1.54, 1.807) is 14.0 Å². The molecule has 1 saturated heterocycles. The third-order valence-corrected chi connectivity index (χ3v) is 6.17. The Morgan fingerprint density at radius 3 is 2.73 bits per heavy atom. The monoisotopic (exact) mass is 433 g/mol. The molecule has 30 heavy (non-hydrogen) atoms. The Morgan fingerprint density at radius 1 is 1.27 bits per heavy atom. The molecule has 7 nitrogen and oxygen atoms in total. The number of nitrogens with zero attached hydrogens (tertiary/aromatic N) is 3. The molecule has 3 rings (SSSR count). The number of methoxy groups -OCH3 is 1. The molecule has 0 atom stereocenters. The molecule has 1 aliphatic rings. The Bertz CT molecular complexity index is 820. The van der Waals surface area contributed by atoms with Crippen LogP contribution in [0.15, 0.2) is 23.6 Å². The van der Waals surface area contributed by atoms with Gasteiger partial charge in [0, 0.05) is 31.9 Å². The number of amides is 1. The van der Waals surface area contributed by atoms with Crippen molar-refractivity contribution in [2.75, 3.05) is 33.3 Å². The van der Waals surface area contributed by atoms with E-state index in [9.17, 15) is 4.79 Å². The van der Waals surface area contributed by atoms with Gasteiger partial charge in [-0.2, -0.15) is 0 Å². The number of likely N-dealkylation sites (tertiary alicyclic amines) is 1. The molecule has 1 aromatic carbocycles. The van der Waals surface area contributed by atoms with Gasteiger partial charge in [-0.25, -0.2) is 4.98 Å². The van der Waals surface area contributed by atoms with Crippen LogP contribution < -0.4 is 9.47 Å². The number of hydrogen-bond acceptors (Lipinski definition) is 7. The normalized spacial score (nSPS) is 14.5. The molecule has 1 aromatic heterocycles. The highest BCUT2D eigenvalue weighted by atomic mass is 32.1. The fraction of sp³-hybridized carbons (Fsp3) is 0.545. The molecule has 0 unspecified atom stereocenters. The van der Waals surface area contributed by atoms with Crippen LogP contribution in [0.4, 0.5) is 0 Å². The third-order valence-electron chi connectivity index (χ3n) is 5.29. The number of aliphatic hydroxyl groups is 1. The van der Waals surface area contributed by atoms with Crippen LogP contribution in [0.25, 0.3) is 0 Å². The number of carbonyl (C=O) groups excluding carboxylic acids is 1. The summed E-state index contributed by atoms with van der Waals surface area (Å²) in [5, 5.41) is 11.8. The molecular formula is C22H31N3O4S. The van der Waals surface area contributed by atoms with E-state index in [1.165, 1.54) is 30.6 Å². The summed E-state index contributed by atoms with van der Waals surface area (Å²) in [6.07, 6.45) is 3.81. The predicted molar refractivity (Wildman–Crippen MR) is 117 cm³/mol. The van der Waals surface area contributed by atoms with Crippen LogP contribution in [0.3, 0.4) is 0 Å². The van der Waals surface area contributed by atoms with Crippen LogP contribution in [-0.2, 0) is 24.6 Å². The number of piperidine rings is 1. The number of rotatable bonds is 10. The van der Waals surface area contributed by atoms with Gasteiger partial charge in [-0.05, 0) is 43.6 Å². The second-order valence-electron chi connectivity index (χ2n) is 7.51. The lowest BCUT2D eigenvalue weighted by atomic mass is 10.1. The van der Waals surface area contributed by atoms with Crippen LogP contribution in [0.5, 0.6) is 11.5 Å². The standard InChI is InChI=1S/C22H31N3O4S/c1-17(27)25(11-10-24-8-4-3-5-9-24)13-18-6-7-20(28-2)21(12-18)29-15-22-23-19(14-26)16-30-22/h6-7,12,16,26H,3-5,8-11,13-15H2,1-2H3. The maximum atomic E-state index is 12.2. The van der Waals surface area contributed by atoms with Crippen molar-refractivity contribution in [3.63, 3.8) is 0 Å². The van der Waals surface area contributed by atoms with Gasteiger partial charge in [-0.1, -0.05) is 12.5 Å². The molecule has 1 N–H and O–H groups in total. The second-order valence-corrected chi connectivity index (χ2v) is 8.45. The van der Waals surface area contributed by atoms with Crippen molar-refractivity contribution in [2.24, 2.45) is 0 Å². The van der Waals surface area contributed by atoms with Gasteiger partial charge in [0.2, 0.25) is 5.91 Å². The zero-order chi connectivity index (χ0) is 21.3. The molecule has 0 aliphatic carbocycles. The maximum Gasteiger partial charge on any atom is 0.219 e. The zero-order valence-corrected chi connectivity index (χ0v) is 18.6. The van der Waals surface area contributed by atoms with Gasteiger partial charge in [0.05, 0.1) is 19.4 Å². The Morgan fingerprint density at radius 2 is 2.07 bits per heavy atom. The number of aliphatic hydroxyl groups excluding tert-OH is 1. The predicted octanol–water partition coefficient (Wildman–Crippen LogP) is 3.06. The van der Waals surface area contributed by atoms with Crippen LogP contribution in [0, 0.1) is 0 Å². The summed E-state index contributed by atoms with van der Waals surface area (Å²) in [5.41, 5.74) is 1.64. The maximum absolute atomic E-state index is 12.2. The smallest absolute Gasteiger partial charge is 0.219 e. The molecule has 8 heteroatoms. The van der Waals surface area contributed by atoms with Gasteiger partial charge in [0.15, 0.2) is 11.5 Å². The van der Waals surface area contributed by atoms with Crippen molar-refractivity contribution in [3.8, 4) is 11.5 Å². The minimum atomic E-state index is -0.0758. The second kappa shape index (κ2) is 11.3. The van der Waals surface area contributed by atoms with Crippen LogP contribution in [0.1, 0.15) is 42.5 Å². The van der Waals surface area contributed by atoms with E-state index in [-0.39, 0.29) is 12.5 Å². The minimum absolute atomic E-state index is 0.0737. The van der Waals surface area contributed by atoms with Gasteiger partial charge in [-0.3, -0.25) is 4.79 Å². The first-order chi connectivity index (χ1) is 14.6. The number of hydrogen-bond donors (Lipinski definition) is 1. The van der Waals surface area contributed by atoms with Crippen LogP contribution in [0.2, 0.25) is 0 Å². The first-order valence-corrected chi connectivity index (χ1v) is 11.3. The van der Waals surface area contributed by atoms with E-state index in [2.05, 4.69) is 9.88 Å². The fourth-order valence-electron chi connectivity index (χ4n) is 3.57. The summed E-state index contributed by atoms with van der Waals surface area (Å²) < 4.78 is 11.4. The molecule has 2 aromatic rings. The van der Waals surface area contributed by atoms with E-state index < -0.39 is 0 Å². The summed E-state index contributed by atoms with van der Waals surface area (Å²) in [6, 6.07) is 5.76. The average Bonchev–Trinajstić information content (AvgIpc) is 3.24. The lowest BCUT2D eigenvalue weighted by Crippen LogP contribution is -2.39. The summed E-state index contributed by atoms with van der Waals surface area (Å²) in [7, 11) is 1.61. The number of carbonyl (C=O) groups is 1. The Balaban J connectivity index is 1.63. The van der Waals surface area contributed by atoms with Crippen molar-refractivity contribution in [1.82, 2.24) is 14.8 Å². The highest BCUT2D eigenvalue weighted by Gasteiger charge is 2.16. The molecule has 0 spiro atoms. The van der Waals surface area contributed by atoms with E-state index in [1.807, 2.05) is 28.5 Å². The van der Waals surface area contributed by atoms with Crippen LogP contribution in [-0.4, -0.2) is 59.1 Å². The number of benzene rings is 1. The first-order valence-electron chi connectivity index (χ1n) is 10.4. The quantitative estimate of drug-likeness (QED) is 0.621. The highest BCUT2D eigenvalue weighted by Crippen LogP contribution is 2.29. The molecule has 1 aliphatic heterocycles. The summed E-state index contributed by atoms with van der Waals surface area (Å²) >= 11 is 1.45. The van der Waals surface area contributed by atoms with E-state index >= 15 is 0 Å². The average molecular weight is 434 g/mol. The Kier molecular flexibility index (Phi) is 8.48. The van der Waals surface area contributed by atoms with E-state index in [4.69, 9.17) is 14.6 Å². The highest BCUT2D eigenvalue weighted by molar-refractivity contribution is 7.09. The topological polar surface area (TPSA) is 75.1 Å². The summed E-state index contributed by atoms with van der Waals surface area (Å²) in [6.45, 7) is 6.27. The van der Waals surface area contributed by atoms with Crippen molar-refractivity contribution >= 4 is 17.2 Å². The fourth-order valence-corrected chi connectivity index (χ4v) is 4.27. The van der Waals surface area contributed by atoms with E-state index in [0.29, 0.717) is 30.3 Å². The zero-order valence-electron chi connectivity index (χ0n) is 17.8. The van der Waals surface area contributed by atoms with Gasteiger partial charge in [0.25, 0.3) is 0 Å². The lowest BCUT2D eigenvalue weighted by molar-refractivity contribution is -0.129. The molecule has 1 fully saturated rings. The number of aromatic nitrogens is 1. The molecular weight excluding hydrogens is 402 g/mol. The third kappa shape index (κ3) is 6.42. The Labute approximate surface area is 182 Å². The molecule has 2 heterocycles. The van der Waals surface area contributed by atoms with Crippen LogP contribution >= 0.6 is 11.3 Å². The van der Waals surface area contributed by atoms with Crippen molar-refractivity contribution in [1.29, 1.82) is 0 Å².